The minimum Gasteiger partial charge on any atom is -0.394 e. The normalized spacial score (nSPS) is 23.8. The number of hydrogen-bond donors (Lipinski definition) is 3. The van der Waals surface area contributed by atoms with Gasteiger partial charge in [0.15, 0.2) is 0 Å². The molecule has 0 radical (unpaired) electrons. The molecule has 1 saturated heterocycles. The highest BCUT2D eigenvalue weighted by Crippen LogP contribution is 2.21. The smallest absolute Gasteiger partial charge is 0.114 e. The number of ether oxygens (including phenoxy) is 2. The molecule has 1 aliphatic rings. The van der Waals surface area contributed by atoms with E-state index in [9.17, 15) is 10.2 Å². The molecule has 0 saturated carbocycles. The van der Waals surface area contributed by atoms with Gasteiger partial charge in [0, 0.05) is 6.61 Å². The fourth-order valence-corrected chi connectivity index (χ4v) is 3.77. The fraction of sp³-hybridized carbons (Fsp3) is 1.00. The molecule has 0 aromatic rings. The van der Waals surface area contributed by atoms with Crippen molar-refractivity contribution in [1.82, 2.24) is 0 Å². The lowest BCUT2D eigenvalue weighted by Crippen LogP contribution is -2.42. The summed E-state index contributed by atoms with van der Waals surface area (Å²) < 4.78 is 11.0. The van der Waals surface area contributed by atoms with Crippen LogP contribution >= 0.6 is 0 Å². The van der Waals surface area contributed by atoms with Crippen LogP contribution in [0.15, 0.2) is 0 Å². The predicted octanol–water partition coefficient (Wildman–Crippen LogP) is 3.97. The van der Waals surface area contributed by atoms with Crippen LogP contribution in [-0.2, 0) is 9.47 Å². The predicted molar refractivity (Wildman–Crippen MR) is 109 cm³/mol. The van der Waals surface area contributed by atoms with Crippen LogP contribution in [0.1, 0.15) is 96.8 Å². The molecule has 0 aliphatic carbocycles. The van der Waals surface area contributed by atoms with Crippen molar-refractivity contribution in [2.75, 3.05) is 19.8 Å². The third kappa shape index (κ3) is 11.4. The number of unbranched alkanes of at least 4 members (excludes halogenated alkanes) is 13. The summed E-state index contributed by atoms with van der Waals surface area (Å²) in [7, 11) is 0. The van der Waals surface area contributed by atoms with Gasteiger partial charge in [0.1, 0.15) is 24.4 Å². The number of aliphatic hydroxyl groups excluding tert-OH is 3. The summed E-state index contributed by atoms with van der Waals surface area (Å²) in [6.07, 6.45) is 15.6. The summed E-state index contributed by atoms with van der Waals surface area (Å²) in [5.74, 6) is 0. The van der Waals surface area contributed by atoms with E-state index in [1.54, 1.807) is 0 Å². The number of hydrogen-bond acceptors (Lipinski definition) is 5. The van der Waals surface area contributed by atoms with E-state index < -0.39 is 24.4 Å². The Bertz CT molecular complexity index is 326. The fourth-order valence-electron chi connectivity index (χ4n) is 3.77. The second kappa shape index (κ2) is 16.7. The molecule has 3 N–H and O–H groups in total. The lowest BCUT2D eigenvalue weighted by Gasteiger charge is -2.23. The highest BCUT2D eigenvalue weighted by molar-refractivity contribution is 4.89. The SMILES string of the molecule is CCCCCCCCCCCCCCCCO[C@H]1[C@@H]([C@@H](O)CO)OC[C@H]1O. The molecule has 5 nitrogen and oxygen atoms in total. The monoisotopic (exact) mass is 388 g/mol. The van der Waals surface area contributed by atoms with Gasteiger partial charge in [-0.25, -0.2) is 0 Å². The second-order valence-corrected chi connectivity index (χ2v) is 8.05. The molecule has 0 spiro atoms. The first-order valence-electron chi connectivity index (χ1n) is 11.4. The Balaban J connectivity index is 1.86. The zero-order valence-electron chi connectivity index (χ0n) is 17.5. The first-order chi connectivity index (χ1) is 13.2. The summed E-state index contributed by atoms with van der Waals surface area (Å²) in [4.78, 5) is 0. The molecule has 0 bridgehead atoms. The summed E-state index contributed by atoms with van der Waals surface area (Å²) in [5, 5.41) is 28.6. The van der Waals surface area contributed by atoms with Crippen molar-refractivity contribution < 1.29 is 24.8 Å². The van der Waals surface area contributed by atoms with Crippen molar-refractivity contribution in [2.24, 2.45) is 0 Å². The van der Waals surface area contributed by atoms with E-state index in [1.165, 1.54) is 77.0 Å². The maximum absolute atomic E-state index is 9.88. The molecule has 4 atom stereocenters. The average Bonchev–Trinajstić information content (AvgIpc) is 3.04. The van der Waals surface area contributed by atoms with Crippen LogP contribution in [0.4, 0.5) is 0 Å². The molecule has 162 valence electrons. The molecule has 0 aromatic carbocycles. The molecule has 0 unspecified atom stereocenters. The van der Waals surface area contributed by atoms with E-state index in [0.29, 0.717) is 6.61 Å². The van der Waals surface area contributed by atoms with Crippen LogP contribution in [0.5, 0.6) is 0 Å². The number of rotatable bonds is 18. The van der Waals surface area contributed by atoms with Crippen molar-refractivity contribution in [3.63, 3.8) is 0 Å². The van der Waals surface area contributed by atoms with Gasteiger partial charge in [-0.1, -0.05) is 90.4 Å². The van der Waals surface area contributed by atoms with Gasteiger partial charge in [-0.15, -0.1) is 0 Å². The molecule has 27 heavy (non-hydrogen) atoms. The molecular formula is C22H44O5. The summed E-state index contributed by atoms with van der Waals surface area (Å²) in [6.45, 7) is 2.61. The van der Waals surface area contributed by atoms with Crippen molar-refractivity contribution in [3.05, 3.63) is 0 Å². The Kier molecular flexibility index (Phi) is 15.4. The van der Waals surface area contributed by atoms with Crippen molar-refractivity contribution in [3.8, 4) is 0 Å². The molecular weight excluding hydrogens is 344 g/mol. The third-order valence-corrected chi connectivity index (χ3v) is 5.54. The van der Waals surface area contributed by atoms with E-state index in [-0.39, 0.29) is 13.2 Å². The average molecular weight is 389 g/mol. The van der Waals surface area contributed by atoms with Gasteiger partial charge < -0.3 is 24.8 Å². The molecule has 1 aliphatic heterocycles. The van der Waals surface area contributed by atoms with Gasteiger partial charge in [0.05, 0.1) is 13.2 Å². The van der Waals surface area contributed by atoms with Gasteiger partial charge in [-0.2, -0.15) is 0 Å². The van der Waals surface area contributed by atoms with Gasteiger partial charge in [0.25, 0.3) is 0 Å². The first-order valence-corrected chi connectivity index (χ1v) is 11.4. The lowest BCUT2D eigenvalue weighted by molar-refractivity contribution is -0.0938. The highest BCUT2D eigenvalue weighted by Gasteiger charge is 2.40. The first kappa shape index (κ1) is 24.8. The Morgan fingerprint density at radius 1 is 0.852 bits per heavy atom. The molecule has 1 fully saturated rings. The topological polar surface area (TPSA) is 79.2 Å². The third-order valence-electron chi connectivity index (χ3n) is 5.54. The summed E-state index contributed by atoms with van der Waals surface area (Å²) in [5.41, 5.74) is 0. The maximum atomic E-state index is 9.88. The molecule has 5 heteroatoms. The second-order valence-electron chi connectivity index (χ2n) is 8.05. The van der Waals surface area contributed by atoms with E-state index in [4.69, 9.17) is 14.6 Å². The van der Waals surface area contributed by atoms with Crippen LogP contribution in [0, 0.1) is 0 Å². The Hall–Kier alpha value is -0.200. The van der Waals surface area contributed by atoms with Crippen LogP contribution in [-0.4, -0.2) is 59.6 Å². The quantitative estimate of drug-likeness (QED) is 0.310. The zero-order valence-corrected chi connectivity index (χ0v) is 17.5. The van der Waals surface area contributed by atoms with Gasteiger partial charge in [-0.3, -0.25) is 0 Å². The Labute approximate surface area is 166 Å². The van der Waals surface area contributed by atoms with E-state index in [1.807, 2.05) is 0 Å². The Morgan fingerprint density at radius 2 is 1.33 bits per heavy atom. The van der Waals surface area contributed by atoms with Crippen LogP contribution in [0.2, 0.25) is 0 Å². The maximum Gasteiger partial charge on any atom is 0.114 e. The summed E-state index contributed by atoms with van der Waals surface area (Å²) in [6, 6.07) is 0. The van der Waals surface area contributed by atoms with Crippen molar-refractivity contribution in [1.29, 1.82) is 0 Å². The molecule has 0 amide bonds. The van der Waals surface area contributed by atoms with Gasteiger partial charge in [0.2, 0.25) is 0 Å². The minimum absolute atomic E-state index is 0.158. The van der Waals surface area contributed by atoms with E-state index in [0.717, 1.165) is 12.8 Å². The van der Waals surface area contributed by atoms with E-state index in [2.05, 4.69) is 6.92 Å². The molecule has 1 heterocycles. The van der Waals surface area contributed by atoms with Crippen LogP contribution < -0.4 is 0 Å². The van der Waals surface area contributed by atoms with Gasteiger partial charge >= 0.3 is 0 Å². The molecule has 0 aromatic heterocycles. The standard InChI is InChI=1S/C22H44O5/c1-2-3-4-5-6-7-8-9-10-11-12-13-14-15-16-26-22-20(25)18-27-21(22)19(24)17-23/h19-25H,2-18H2,1H3/t19-,20+,21+,22+/m0/s1. The number of aliphatic hydroxyl groups is 3. The van der Waals surface area contributed by atoms with Crippen LogP contribution in [0.3, 0.4) is 0 Å². The molecule has 1 rings (SSSR count). The van der Waals surface area contributed by atoms with Crippen molar-refractivity contribution in [2.45, 2.75) is 121 Å². The summed E-state index contributed by atoms with van der Waals surface area (Å²) >= 11 is 0. The van der Waals surface area contributed by atoms with E-state index >= 15 is 0 Å². The van der Waals surface area contributed by atoms with Crippen molar-refractivity contribution >= 4 is 0 Å². The highest BCUT2D eigenvalue weighted by atomic mass is 16.6. The van der Waals surface area contributed by atoms with Gasteiger partial charge in [-0.05, 0) is 6.42 Å². The Morgan fingerprint density at radius 3 is 1.81 bits per heavy atom. The largest absolute Gasteiger partial charge is 0.394 e. The lowest BCUT2D eigenvalue weighted by atomic mass is 10.0. The zero-order chi connectivity index (χ0) is 19.7. The van der Waals surface area contributed by atoms with Crippen LogP contribution in [0.25, 0.3) is 0 Å². The minimum atomic E-state index is -0.997.